The minimum absolute atomic E-state index is 0.0301. The number of Topliss-reactive ketones (excluding diaryl/α,β-unsaturated/α-hetero) is 1. The standard InChI is InChI=1S/C23H26N2O4/c1-17-16-25(14-15-29-17)23(28)19-10-12-20(13-11-19)24-22(27)9-5-8-21(26)18-6-3-2-4-7-18/h2-4,6-7,10-13,17H,5,8-9,14-16H2,1H3,(H,24,27). The van der Waals surface area contributed by atoms with Crippen LogP contribution in [0.4, 0.5) is 5.69 Å². The van der Waals surface area contributed by atoms with E-state index in [-0.39, 0.29) is 30.1 Å². The maximum atomic E-state index is 12.6. The molecule has 0 saturated carbocycles. The number of nitrogens with zero attached hydrogens (tertiary/aromatic N) is 1. The highest BCUT2D eigenvalue weighted by molar-refractivity contribution is 5.97. The van der Waals surface area contributed by atoms with Gasteiger partial charge in [0, 0.05) is 42.7 Å². The predicted octanol–water partition coefficient (Wildman–Crippen LogP) is 3.54. The molecule has 0 bridgehead atoms. The van der Waals surface area contributed by atoms with Crippen molar-refractivity contribution in [2.24, 2.45) is 0 Å². The minimum Gasteiger partial charge on any atom is -0.375 e. The summed E-state index contributed by atoms with van der Waals surface area (Å²) in [5, 5.41) is 2.81. The third-order valence-electron chi connectivity index (χ3n) is 4.85. The average molecular weight is 394 g/mol. The van der Waals surface area contributed by atoms with Crippen molar-refractivity contribution >= 4 is 23.3 Å². The summed E-state index contributed by atoms with van der Waals surface area (Å²) in [6.45, 7) is 3.67. The summed E-state index contributed by atoms with van der Waals surface area (Å²) >= 11 is 0. The van der Waals surface area contributed by atoms with Crippen molar-refractivity contribution in [3.05, 3.63) is 65.7 Å². The van der Waals surface area contributed by atoms with Gasteiger partial charge in [0.25, 0.3) is 5.91 Å². The van der Waals surface area contributed by atoms with E-state index >= 15 is 0 Å². The Balaban J connectivity index is 1.45. The summed E-state index contributed by atoms with van der Waals surface area (Å²) in [5.74, 6) is -0.136. The second-order valence-electron chi connectivity index (χ2n) is 7.20. The first-order chi connectivity index (χ1) is 14.0. The number of benzene rings is 2. The van der Waals surface area contributed by atoms with Crippen LogP contribution in [0.2, 0.25) is 0 Å². The zero-order valence-electron chi connectivity index (χ0n) is 16.6. The lowest BCUT2D eigenvalue weighted by Gasteiger charge is -2.31. The molecule has 6 nitrogen and oxygen atoms in total. The Morgan fingerprint density at radius 1 is 1.00 bits per heavy atom. The van der Waals surface area contributed by atoms with Gasteiger partial charge in [-0.2, -0.15) is 0 Å². The number of carbonyl (C=O) groups is 3. The maximum Gasteiger partial charge on any atom is 0.254 e. The van der Waals surface area contributed by atoms with Gasteiger partial charge in [-0.25, -0.2) is 0 Å². The molecule has 2 aromatic carbocycles. The van der Waals surface area contributed by atoms with Crippen molar-refractivity contribution in [3.63, 3.8) is 0 Å². The van der Waals surface area contributed by atoms with Crippen molar-refractivity contribution in [3.8, 4) is 0 Å². The summed E-state index contributed by atoms with van der Waals surface area (Å²) in [6, 6.07) is 16.0. The molecule has 1 unspecified atom stereocenters. The highest BCUT2D eigenvalue weighted by Gasteiger charge is 2.22. The molecule has 1 saturated heterocycles. The van der Waals surface area contributed by atoms with Crippen LogP contribution in [-0.2, 0) is 9.53 Å². The Kier molecular flexibility index (Phi) is 7.14. The third-order valence-corrected chi connectivity index (χ3v) is 4.85. The predicted molar refractivity (Wildman–Crippen MR) is 111 cm³/mol. The van der Waals surface area contributed by atoms with Crippen LogP contribution in [0.15, 0.2) is 54.6 Å². The van der Waals surface area contributed by atoms with Crippen LogP contribution in [0.3, 0.4) is 0 Å². The molecule has 152 valence electrons. The topological polar surface area (TPSA) is 75.7 Å². The summed E-state index contributed by atoms with van der Waals surface area (Å²) in [4.78, 5) is 38.5. The van der Waals surface area contributed by atoms with Crippen molar-refractivity contribution in [1.82, 2.24) is 4.90 Å². The van der Waals surface area contributed by atoms with Crippen LogP contribution in [0.25, 0.3) is 0 Å². The number of amides is 2. The Hall–Kier alpha value is -2.99. The van der Waals surface area contributed by atoms with Gasteiger partial charge in [-0.1, -0.05) is 30.3 Å². The SMILES string of the molecule is CC1CN(C(=O)c2ccc(NC(=O)CCCC(=O)c3ccccc3)cc2)CCO1. The molecular formula is C23H26N2O4. The van der Waals surface area contributed by atoms with Crippen molar-refractivity contribution < 1.29 is 19.1 Å². The van der Waals surface area contributed by atoms with E-state index in [0.717, 1.165) is 0 Å². The Bertz CT molecular complexity index is 849. The van der Waals surface area contributed by atoms with Gasteiger partial charge >= 0.3 is 0 Å². The quantitative estimate of drug-likeness (QED) is 0.729. The number of hydrogen-bond acceptors (Lipinski definition) is 4. The molecule has 1 aliphatic heterocycles. The van der Waals surface area contributed by atoms with E-state index in [4.69, 9.17) is 4.74 Å². The summed E-state index contributed by atoms with van der Waals surface area (Å²) in [7, 11) is 0. The molecule has 0 spiro atoms. The molecule has 1 fully saturated rings. The number of carbonyl (C=O) groups excluding carboxylic acids is 3. The van der Waals surface area contributed by atoms with E-state index in [1.807, 2.05) is 25.1 Å². The number of rotatable bonds is 7. The number of morpholine rings is 1. The van der Waals surface area contributed by atoms with Gasteiger partial charge in [0.2, 0.25) is 5.91 Å². The van der Waals surface area contributed by atoms with Crippen LogP contribution in [-0.4, -0.2) is 48.3 Å². The van der Waals surface area contributed by atoms with E-state index < -0.39 is 0 Å². The van der Waals surface area contributed by atoms with Crippen LogP contribution < -0.4 is 5.32 Å². The van der Waals surface area contributed by atoms with Crippen molar-refractivity contribution in [1.29, 1.82) is 0 Å². The highest BCUT2D eigenvalue weighted by Crippen LogP contribution is 2.15. The second kappa shape index (κ2) is 9.98. The lowest BCUT2D eigenvalue weighted by molar-refractivity contribution is -0.116. The largest absolute Gasteiger partial charge is 0.375 e. The fourth-order valence-corrected chi connectivity index (χ4v) is 3.28. The van der Waals surface area contributed by atoms with Gasteiger partial charge in [0.05, 0.1) is 12.7 Å². The molecule has 0 aliphatic carbocycles. The van der Waals surface area contributed by atoms with Gasteiger partial charge in [0.1, 0.15) is 0 Å². The maximum absolute atomic E-state index is 12.6. The van der Waals surface area contributed by atoms with Crippen molar-refractivity contribution in [2.75, 3.05) is 25.0 Å². The summed E-state index contributed by atoms with van der Waals surface area (Å²) in [5.41, 5.74) is 1.89. The van der Waals surface area contributed by atoms with E-state index in [1.165, 1.54) is 0 Å². The Morgan fingerprint density at radius 3 is 2.41 bits per heavy atom. The number of nitrogens with one attached hydrogen (secondary N) is 1. The van der Waals surface area contributed by atoms with Gasteiger partial charge in [0.15, 0.2) is 5.78 Å². The number of ketones is 1. The van der Waals surface area contributed by atoms with E-state index in [9.17, 15) is 14.4 Å². The fraction of sp³-hybridized carbons (Fsp3) is 0.348. The Labute approximate surface area is 170 Å². The van der Waals surface area contributed by atoms with Crippen molar-refractivity contribution in [2.45, 2.75) is 32.3 Å². The monoisotopic (exact) mass is 394 g/mol. The number of hydrogen-bond donors (Lipinski definition) is 1. The highest BCUT2D eigenvalue weighted by atomic mass is 16.5. The fourth-order valence-electron chi connectivity index (χ4n) is 3.28. The van der Waals surface area contributed by atoms with Gasteiger partial charge in [-0.15, -0.1) is 0 Å². The van der Waals surface area contributed by atoms with Crippen LogP contribution in [0, 0.1) is 0 Å². The van der Waals surface area contributed by atoms with E-state index in [1.54, 1.807) is 41.3 Å². The van der Waals surface area contributed by atoms with Gasteiger partial charge < -0.3 is 15.0 Å². The second-order valence-corrected chi connectivity index (χ2v) is 7.20. The molecule has 2 aromatic rings. The molecule has 3 rings (SSSR count). The molecule has 1 aliphatic rings. The summed E-state index contributed by atoms with van der Waals surface area (Å²) in [6.07, 6.45) is 1.14. The number of anilines is 1. The minimum atomic E-state index is -0.146. The first kappa shape index (κ1) is 20.7. The molecule has 6 heteroatoms. The summed E-state index contributed by atoms with van der Waals surface area (Å²) < 4.78 is 5.47. The first-order valence-electron chi connectivity index (χ1n) is 9.92. The molecular weight excluding hydrogens is 368 g/mol. The third kappa shape index (κ3) is 5.99. The molecule has 0 aromatic heterocycles. The Morgan fingerprint density at radius 2 is 1.72 bits per heavy atom. The van der Waals surface area contributed by atoms with Gasteiger partial charge in [-0.05, 0) is 37.6 Å². The van der Waals surface area contributed by atoms with E-state index in [2.05, 4.69) is 5.32 Å². The number of ether oxygens (including phenoxy) is 1. The molecule has 29 heavy (non-hydrogen) atoms. The molecule has 1 N–H and O–H groups in total. The van der Waals surface area contributed by atoms with Gasteiger partial charge in [-0.3, -0.25) is 14.4 Å². The zero-order chi connectivity index (χ0) is 20.6. The van der Waals surface area contributed by atoms with Crippen LogP contribution in [0.1, 0.15) is 46.9 Å². The average Bonchev–Trinajstić information content (AvgIpc) is 2.74. The lowest BCUT2D eigenvalue weighted by Crippen LogP contribution is -2.44. The molecule has 2 amide bonds. The smallest absolute Gasteiger partial charge is 0.254 e. The first-order valence-corrected chi connectivity index (χ1v) is 9.92. The lowest BCUT2D eigenvalue weighted by atomic mass is 10.1. The molecule has 1 atom stereocenters. The normalized spacial score (nSPS) is 16.3. The van der Waals surface area contributed by atoms with Crippen LogP contribution >= 0.6 is 0 Å². The molecule has 1 heterocycles. The molecule has 0 radical (unpaired) electrons. The van der Waals surface area contributed by atoms with Crippen LogP contribution in [0.5, 0.6) is 0 Å². The van der Waals surface area contributed by atoms with E-state index in [0.29, 0.717) is 49.4 Å². The zero-order valence-corrected chi connectivity index (χ0v) is 16.6.